The van der Waals surface area contributed by atoms with E-state index in [4.69, 9.17) is 0 Å². The number of halogens is 1. The van der Waals surface area contributed by atoms with E-state index < -0.39 is 14.9 Å². The Morgan fingerprint density at radius 1 is 1.36 bits per heavy atom. The number of benzene rings is 1. The fourth-order valence-corrected chi connectivity index (χ4v) is 4.49. The van der Waals surface area contributed by atoms with Crippen LogP contribution in [0.3, 0.4) is 0 Å². The average Bonchev–Trinajstić information content (AvgIpc) is 2.41. The molecule has 1 aromatic carbocycles. The predicted molar refractivity (Wildman–Crippen MR) is 85.9 cm³/mol. The number of hydrogen-bond donors (Lipinski definition) is 1. The van der Waals surface area contributed by atoms with Gasteiger partial charge in [-0.25, -0.2) is 8.42 Å². The van der Waals surface area contributed by atoms with Crippen LogP contribution in [0.4, 0.5) is 5.69 Å². The van der Waals surface area contributed by atoms with E-state index in [0.29, 0.717) is 13.1 Å². The van der Waals surface area contributed by atoms with E-state index in [9.17, 15) is 18.5 Å². The number of nitro groups is 1. The molecule has 2 atom stereocenters. The Bertz CT molecular complexity index is 665. The van der Waals surface area contributed by atoms with Gasteiger partial charge in [-0.15, -0.1) is 12.4 Å². The standard InChI is InChI=1S/C13H19N3O4S.ClH/c1-9-8-15(10(2)7-14-9)21(19,20)13-6-4-5-12(11(13)3)16(17)18;/h4-6,9-10,14H,7-8H2,1-3H3;1H. The summed E-state index contributed by atoms with van der Waals surface area (Å²) in [5.74, 6) is 0. The van der Waals surface area contributed by atoms with Gasteiger partial charge < -0.3 is 5.32 Å². The minimum atomic E-state index is -3.74. The van der Waals surface area contributed by atoms with Crippen LogP contribution < -0.4 is 5.32 Å². The van der Waals surface area contributed by atoms with E-state index in [2.05, 4.69) is 5.32 Å². The zero-order valence-corrected chi connectivity index (χ0v) is 14.3. The third kappa shape index (κ3) is 3.40. The monoisotopic (exact) mass is 349 g/mol. The molecule has 0 saturated carbocycles. The summed E-state index contributed by atoms with van der Waals surface area (Å²) in [5, 5.41) is 14.2. The van der Waals surface area contributed by atoms with Crippen molar-refractivity contribution in [3.8, 4) is 0 Å². The van der Waals surface area contributed by atoms with Crippen LogP contribution in [-0.4, -0.2) is 42.8 Å². The van der Waals surface area contributed by atoms with E-state index in [1.165, 1.54) is 29.4 Å². The van der Waals surface area contributed by atoms with Gasteiger partial charge in [-0.2, -0.15) is 4.31 Å². The number of nitro benzene ring substituents is 1. The second-order valence-corrected chi connectivity index (χ2v) is 7.25. The largest absolute Gasteiger partial charge is 0.311 e. The number of sulfonamides is 1. The first-order chi connectivity index (χ1) is 9.75. The summed E-state index contributed by atoms with van der Waals surface area (Å²) in [6.07, 6.45) is 0. The van der Waals surface area contributed by atoms with Gasteiger partial charge in [0, 0.05) is 36.8 Å². The summed E-state index contributed by atoms with van der Waals surface area (Å²) in [7, 11) is -3.74. The van der Waals surface area contributed by atoms with Crippen LogP contribution in [0, 0.1) is 17.0 Å². The molecule has 9 heteroatoms. The van der Waals surface area contributed by atoms with Crippen molar-refractivity contribution in [1.29, 1.82) is 0 Å². The number of nitrogens with one attached hydrogen (secondary N) is 1. The maximum atomic E-state index is 12.8. The first-order valence-electron chi connectivity index (χ1n) is 6.74. The fourth-order valence-electron chi connectivity index (χ4n) is 2.53. The minimum Gasteiger partial charge on any atom is -0.311 e. The Labute approximate surface area is 136 Å². The molecule has 1 N–H and O–H groups in total. The van der Waals surface area contributed by atoms with Gasteiger partial charge in [-0.05, 0) is 26.8 Å². The lowest BCUT2D eigenvalue weighted by Gasteiger charge is -2.36. The Balaban J connectivity index is 0.00000242. The van der Waals surface area contributed by atoms with Gasteiger partial charge in [0.05, 0.1) is 9.82 Å². The molecular formula is C13H20ClN3O4S. The third-order valence-electron chi connectivity index (χ3n) is 3.75. The molecule has 0 aliphatic carbocycles. The highest BCUT2D eigenvalue weighted by atomic mass is 35.5. The summed E-state index contributed by atoms with van der Waals surface area (Å²) in [5.41, 5.74) is 0.00722. The Kier molecular flexibility index (Phi) is 5.91. The highest BCUT2D eigenvalue weighted by Gasteiger charge is 2.35. The van der Waals surface area contributed by atoms with Crippen LogP contribution in [0.5, 0.6) is 0 Å². The van der Waals surface area contributed by atoms with Gasteiger partial charge in [0.2, 0.25) is 10.0 Å². The Morgan fingerprint density at radius 2 is 2.00 bits per heavy atom. The topological polar surface area (TPSA) is 92.5 Å². The quantitative estimate of drug-likeness (QED) is 0.662. The third-order valence-corrected chi connectivity index (χ3v) is 5.87. The summed E-state index contributed by atoms with van der Waals surface area (Å²) in [6, 6.07) is 4.02. The van der Waals surface area contributed by atoms with E-state index >= 15 is 0 Å². The van der Waals surface area contributed by atoms with Crippen molar-refractivity contribution < 1.29 is 13.3 Å². The van der Waals surface area contributed by atoms with Crippen LogP contribution in [-0.2, 0) is 10.0 Å². The van der Waals surface area contributed by atoms with Gasteiger partial charge in [0.15, 0.2) is 0 Å². The lowest BCUT2D eigenvalue weighted by Crippen LogP contribution is -2.56. The maximum Gasteiger partial charge on any atom is 0.273 e. The van der Waals surface area contributed by atoms with Crippen molar-refractivity contribution in [2.75, 3.05) is 13.1 Å². The summed E-state index contributed by atoms with van der Waals surface area (Å²) in [4.78, 5) is 10.4. The molecule has 1 heterocycles. The number of piperazine rings is 1. The lowest BCUT2D eigenvalue weighted by atomic mass is 10.2. The van der Waals surface area contributed by atoms with E-state index in [0.717, 1.165) is 0 Å². The van der Waals surface area contributed by atoms with Gasteiger partial charge in [0.1, 0.15) is 0 Å². The molecule has 0 spiro atoms. The zero-order chi connectivity index (χ0) is 15.8. The van der Waals surface area contributed by atoms with Crippen LogP contribution in [0.25, 0.3) is 0 Å². The molecule has 0 aromatic heterocycles. The summed E-state index contributed by atoms with van der Waals surface area (Å²) in [6.45, 7) is 6.12. The SMILES string of the molecule is Cc1c([N+](=O)[O-])cccc1S(=O)(=O)N1CC(C)NCC1C.Cl. The van der Waals surface area contributed by atoms with Crippen LogP contribution in [0.2, 0.25) is 0 Å². The molecule has 1 aliphatic rings. The second kappa shape index (κ2) is 6.91. The van der Waals surface area contributed by atoms with E-state index in [1.807, 2.05) is 13.8 Å². The van der Waals surface area contributed by atoms with Crippen molar-refractivity contribution in [2.24, 2.45) is 0 Å². The highest BCUT2D eigenvalue weighted by Crippen LogP contribution is 2.28. The van der Waals surface area contributed by atoms with Crippen LogP contribution in [0.1, 0.15) is 19.4 Å². The predicted octanol–water partition coefficient (Wildman–Crippen LogP) is 1.70. The second-order valence-electron chi connectivity index (χ2n) is 5.39. The van der Waals surface area contributed by atoms with Gasteiger partial charge in [-0.1, -0.05) is 6.07 Å². The molecule has 124 valence electrons. The molecule has 1 aromatic rings. The Hall–Kier alpha value is -1.22. The summed E-state index contributed by atoms with van der Waals surface area (Å²) < 4.78 is 27.0. The zero-order valence-electron chi connectivity index (χ0n) is 12.6. The molecule has 1 saturated heterocycles. The Morgan fingerprint density at radius 3 is 2.59 bits per heavy atom. The molecule has 0 radical (unpaired) electrons. The molecule has 7 nitrogen and oxygen atoms in total. The fraction of sp³-hybridized carbons (Fsp3) is 0.538. The van der Waals surface area contributed by atoms with Crippen molar-refractivity contribution >= 4 is 28.1 Å². The normalized spacial score (nSPS) is 22.9. The molecular weight excluding hydrogens is 330 g/mol. The van der Waals surface area contributed by atoms with Crippen LogP contribution >= 0.6 is 12.4 Å². The molecule has 0 bridgehead atoms. The van der Waals surface area contributed by atoms with E-state index in [1.54, 1.807) is 0 Å². The lowest BCUT2D eigenvalue weighted by molar-refractivity contribution is -0.385. The van der Waals surface area contributed by atoms with Gasteiger partial charge in [0.25, 0.3) is 5.69 Å². The average molecular weight is 350 g/mol. The first-order valence-corrected chi connectivity index (χ1v) is 8.18. The first kappa shape index (κ1) is 18.8. The smallest absolute Gasteiger partial charge is 0.273 e. The number of nitrogens with zero attached hydrogens (tertiary/aromatic N) is 2. The molecule has 0 amide bonds. The number of hydrogen-bond acceptors (Lipinski definition) is 5. The molecule has 2 unspecified atom stereocenters. The molecule has 1 aliphatic heterocycles. The maximum absolute atomic E-state index is 12.8. The minimum absolute atomic E-state index is 0. The van der Waals surface area contributed by atoms with Crippen LogP contribution in [0.15, 0.2) is 23.1 Å². The van der Waals surface area contributed by atoms with Crippen molar-refractivity contribution in [1.82, 2.24) is 9.62 Å². The number of rotatable bonds is 3. The molecule has 22 heavy (non-hydrogen) atoms. The molecule has 1 fully saturated rings. The van der Waals surface area contributed by atoms with Crippen molar-refractivity contribution in [3.05, 3.63) is 33.9 Å². The van der Waals surface area contributed by atoms with E-state index in [-0.39, 0.29) is 40.6 Å². The molecule has 2 rings (SSSR count). The van der Waals surface area contributed by atoms with Gasteiger partial charge in [-0.3, -0.25) is 10.1 Å². The van der Waals surface area contributed by atoms with Crippen molar-refractivity contribution in [2.45, 2.75) is 37.8 Å². The van der Waals surface area contributed by atoms with Gasteiger partial charge >= 0.3 is 0 Å². The highest BCUT2D eigenvalue weighted by molar-refractivity contribution is 7.89. The summed E-state index contributed by atoms with van der Waals surface area (Å²) >= 11 is 0. The van der Waals surface area contributed by atoms with Crippen molar-refractivity contribution in [3.63, 3.8) is 0 Å².